The molecule has 0 amide bonds. The van der Waals surface area contributed by atoms with Crippen molar-refractivity contribution in [3.8, 4) is 0 Å². The first-order valence-corrected chi connectivity index (χ1v) is 28.5. The second kappa shape index (κ2) is 55.0. The molecule has 3 N–H and O–H groups in total. The summed E-state index contributed by atoms with van der Waals surface area (Å²) in [6, 6.07) is 0. The summed E-state index contributed by atoms with van der Waals surface area (Å²) in [6.07, 6.45) is 80.4. The van der Waals surface area contributed by atoms with Gasteiger partial charge < -0.3 is 20.1 Å². The Labute approximate surface area is 432 Å². The van der Waals surface area contributed by atoms with Crippen LogP contribution in [0, 0.1) is 0 Å². The van der Waals surface area contributed by atoms with Gasteiger partial charge in [0.2, 0.25) is 0 Å². The fourth-order valence-corrected chi connectivity index (χ4v) is 7.31. The summed E-state index contributed by atoms with van der Waals surface area (Å²) in [7, 11) is -4.42. The maximum absolute atomic E-state index is 12.7. The Morgan fingerprint density at radius 3 is 1.15 bits per heavy atom. The van der Waals surface area contributed by atoms with Gasteiger partial charge in [0, 0.05) is 13.0 Å². The van der Waals surface area contributed by atoms with Crippen molar-refractivity contribution in [2.75, 3.05) is 26.4 Å². The summed E-state index contributed by atoms with van der Waals surface area (Å²) in [5.74, 6) is -0.995. The molecule has 0 heterocycles. The third kappa shape index (κ3) is 54.8. The third-order valence-electron chi connectivity index (χ3n) is 10.4. The van der Waals surface area contributed by atoms with E-state index >= 15 is 0 Å². The van der Waals surface area contributed by atoms with Gasteiger partial charge in [-0.05, 0) is 103 Å². The Morgan fingerprint density at radius 2 is 0.775 bits per heavy atom. The molecule has 71 heavy (non-hydrogen) atoms. The van der Waals surface area contributed by atoms with Crippen LogP contribution in [0.15, 0.2) is 158 Å². The molecule has 0 aromatic rings. The van der Waals surface area contributed by atoms with E-state index in [1.807, 2.05) is 12.2 Å². The minimum Gasteiger partial charge on any atom is -0.461 e. The van der Waals surface area contributed by atoms with Gasteiger partial charge in [-0.25, -0.2) is 4.57 Å². The first-order valence-electron chi connectivity index (χ1n) is 27.0. The van der Waals surface area contributed by atoms with Crippen LogP contribution in [0.1, 0.15) is 181 Å². The van der Waals surface area contributed by atoms with Gasteiger partial charge in [-0.3, -0.25) is 18.6 Å². The number of ether oxygens (including phenoxy) is 2. The SMILES string of the molecule is CC/C=C\C/C=C\C/C=C\C/C=C\C/C=C\C/C=C\C/C=C\C/C=C\CCCCCCCCCCCCC(=O)OC(COC(=O)C/C=C\C/C=C\C/C=C\C/C=C\C/C=C\CC)COP(=O)(O)OCCN. The molecule has 0 saturated carbocycles. The molecule has 2 atom stereocenters. The summed E-state index contributed by atoms with van der Waals surface area (Å²) in [4.78, 5) is 35.0. The minimum atomic E-state index is -4.42. The fraction of sp³-hybridized carbons (Fsp3) is 0.541. The molecule has 10 heteroatoms. The molecule has 0 spiro atoms. The summed E-state index contributed by atoms with van der Waals surface area (Å²) in [5.41, 5.74) is 5.36. The topological polar surface area (TPSA) is 134 Å². The molecule has 0 bridgehead atoms. The molecule has 0 aromatic carbocycles. The number of carbonyl (C=O) groups is 2. The summed E-state index contributed by atoms with van der Waals surface area (Å²) >= 11 is 0. The summed E-state index contributed by atoms with van der Waals surface area (Å²) in [6.45, 7) is 3.36. The lowest BCUT2D eigenvalue weighted by atomic mass is 10.0. The van der Waals surface area contributed by atoms with Gasteiger partial charge in [0.1, 0.15) is 6.61 Å². The van der Waals surface area contributed by atoms with Gasteiger partial charge >= 0.3 is 19.8 Å². The molecule has 0 aromatic heterocycles. The average Bonchev–Trinajstić information content (AvgIpc) is 3.36. The number of rotatable bonds is 48. The number of carbonyl (C=O) groups excluding carboxylic acids is 2. The van der Waals surface area contributed by atoms with Crippen molar-refractivity contribution in [1.29, 1.82) is 0 Å². The van der Waals surface area contributed by atoms with Crippen LogP contribution in [0.3, 0.4) is 0 Å². The molecule has 0 rings (SSSR count). The van der Waals surface area contributed by atoms with Gasteiger partial charge in [-0.2, -0.15) is 0 Å². The Balaban J connectivity index is 4.08. The highest BCUT2D eigenvalue weighted by Crippen LogP contribution is 2.43. The van der Waals surface area contributed by atoms with Crippen molar-refractivity contribution in [3.63, 3.8) is 0 Å². The van der Waals surface area contributed by atoms with Crippen molar-refractivity contribution in [1.82, 2.24) is 0 Å². The highest BCUT2D eigenvalue weighted by Gasteiger charge is 2.25. The molecule has 0 fully saturated rings. The van der Waals surface area contributed by atoms with Crippen molar-refractivity contribution in [2.45, 2.75) is 187 Å². The molecule has 0 aliphatic heterocycles. The second-order valence-electron chi connectivity index (χ2n) is 17.0. The van der Waals surface area contributed by atoms with Crippen molar-refractivity contribution in [2.24, 2.45) is 5.73 Å². The van der Waals surface area contributed by atoms with Crippen LogP contribution in [-0.2, 0) is 32.7 Å². The molecule has 0 aliphatic carbocycles. The quantitative estimate of drug-likeness (QED) is 0.0264. The van der Waals surface area contributed by atoms with Crippen LogP contribution in [-0.4, -0.2) is 49.3 Å². The zero-order valence-electron chi connectivity index (χ0n) is 44.1. The second-order valence-corrected chi connectivity index (χ2v) is 18.5. The van der Waals surface area contributed by atoms with E-state index in [2.05, 4.69) is 154 Å². The van der Waals surface area contributed by atoms with E-state index in [9.17, 15) is 19.0 Å². The van der Waals surface area contributed by atoms with Gasteiger partial charge in [0.25, 0.3) is 0 Å². The van der Waals surface area contributed by atoms with Gasteiger partial charge in [0.15, 0.2) is 6.10 Å². The number of nitrogens with two attached hydrogens (primary N) is 1. The number of esters is 2. The highest BCUT2D eigenvalue weighted by atomic mass is 31.2. The van der Waals surface area contributed by atoms with Crippen LogP contribution in [0.5, 0.6) is 0 Å². The van der Waals surface area contributed by atoms with Crippen LogP contribution < -0.4 is 5.73 Å². The lowest BCUT2D eigenvalue weighted by Gasteiger charge is -2.19. The molecular formula is C61H96NO8P. The van der Waals surface area contributed by atoms with E-state index in [-0.39, 0.29) is 32.6 Å². The number of phosphoric ester groups is 1. The van der Waals surface area contributed by atoms with Crippen LogP contribution in [0.25, 0.3) is 0 Å². The standard InChI is InChI=1S/C61H96NO8P/c1-3-5-7-9-11-13-15-17-19-20-21-22-23-24-25-26-27-28-29-30-31-32-33-34-35-36-37-38-40-42-44-46-48-50-52-54-61(64)70-59(58-69-71(65,66)68-56-55-62)57-67-60(63)53-51-49-47-45-43-41-39-18-16-14-12-10-8-6-4-2/h5-8,11-14,17-19,21-22,24-25,27-28,30-31,33-34,39,43,45,49,51,59H,3-4,9-10,15-16,20,23,26,29,32,35-38,40-42,44,46-48,50,52-58,62H2,1-2H3,(H,65,66)/b7-5-,8-6-,13-11-,14-12-,19-17-,22-21-,25-24-,28-27-,31-30-,34-33-,39-18-,45-43-,51-49-. The zero-order chi connectivity index (χ0) is 51.7. The lowest BCUT2D eigenvalue weighted by Crippen LogP contribution is -2.29. The maximum Gasteiger partial charge on any atom is 0.472 e. The van der Waals surface area contributed by atoms with E-state index in [4.69, 9.17) is 24.3 Å². The maximum atomic E-state index is 12.7. The number of hydrogen-bond donors (Lipinski definition) is 2. The fourth-order valence-electron chi connectivity index (χ4n) is 6.55. The van der Waals surface area contributed by atoms with Gasteiger partial charge in [-0.1, -0.05) is 223 Å². The predicted molar refractivity (Wildman–Crippen MR) is 302 cm³/mol. The minimum absolute atomic E-state index is 0.0327. The monoisotopic (exact) mass is 1000 g/mol. The van der Waals surface area contributed by atoms with E-state index in [1.54, 1.807) is 6.08 Å². The summed E-state index contributed by atoms with van der Waals surface area (Å²) < 4.78 is 32.8. The van der Waals surface area contributed by atoms with E-state index in [0.717, 1.165) is 103 Å². The Morgan fingerprint density at radius 1 is 0.437 bits per heavy atom. The average molecular weight is 1000 g/mol. The normalized spacial score (nSPS) is 14.4. The van der Waals surface area contributed by atoms with E-state index < -0.39 is 32.5 Å². The van der Waals surface area contributed by atoms with E-state index in [1.165, 1.54) is 38.5 Å². The smallest absolute Gasteiger partial charge is 0.461 e. The van der Waals surface area contributed by atoms with Crippen molar-refractivity contribution >= 4 is 19.8 Å². The molecule has 0 saturated heterocycles. The molecule has 0 aliphatic rings. The number of hydrogen-bond acceptors (Lipinski definition) is 8. The van der Waals surface area contributed by atoms with Crippen LogP contribution >= 0.6 is 7.82 Å². The molecular weight excluding hydrogens is 906 g/mol. The first-order chi connectivity index (χ1) is 34.8. The van der Waals surface area contributed by atoms with Crippen molar-refractivity contribution < 1.29 is 37.6 Å². The largest absolute Gasteiger partial charge is 0.472 e. The number of unbranched alkanes of at least 4 members (excludes halogenated alkanes) is 10. The number of phosphoric acid groups is 1. The van der Waals surface area contributed by atoms with Crippen LogP contribution in [0.2, 0.25) is 0 Å². The Hall–Kier alpha value is -4.37. The highest BCUT2D eigenvalue weighted by molar-refractivity contribution is 7.47. The predicted octanol–water partition coefficient (Wildman–Crippen LogP) is 16.9. The summed E-state index contributed by atoms with van der Waals surface area (Å²) in [5, 5.41) is 0. The third-order valence-corrected chi connectivity index (χ3v) is 11.4. The van der Waals surface area contributed by atoms with Crippen molar-refractivity contribution in [3.05, 3.63) is 158 Å². The molecule has 398 valence electrons. The molecule has 0 radical (unpaired) electrons. The number of allylic oxidation sites excluding steroid dienone is 25. The van der Waals surface area contributed by atoms with Crippen LogP contribution in [0.4, 0.5) is 0 Å². The lowest BCUT2D eigenvalue weighted by molar-refractivity contribution is -0.160. The zero-order valence-corrected chi connectivity index (χ0v) is 45.0. The van der Waals surface area contributed by atoms with Gasteiger partial charge in [0.05, 0.1) is 19.6 Å². The molecule has 2 unspecified atom stereocenters. The molecule has 9 nitrogen and oxygen atoms in total. The Bertz CT molecular complexity index is 1710. The Kier molecular flexibility index (Phi) is 51.6. The first kappa shape index (κ1) is 66.6. The van der Waals surface area contributed by atoms with Gasteiger partial charge in [-0.15, -0.1) is 0 Å². The van der Waals surface area contributed by atoms with E-state index in [0.29, 0.717) is 12.8 Å².